The van der Waals surface area contributed by atoms with Gasteiger partial charge in [0.2, 0.25) is 0 Å². The lowest BCUT2D eigenvalue weighted by molar-refractivity contribution is 0.0698. The van der Waals surface area contributed by atoms with Crippen LogP contribution in [0.15, 0.2) is 23.1 Å². The van der Waals surface area contributed by atoms with Crippen molar-refractivity contribution >= 4 is 23.4 Å². The van der Waals surface area contributed by atoms with Crippen LogP contribution in [0, 0.1) is 5.92 Å². The van der Waals surface area contributed by atoms with Crippen molar-refractivity contribution in [3.8, 4) is 0 Å². The molecule has 1 saturated carbocycles. The van der Waals surface area contributed by atoms with Gasteiger partial charge >= 0.3 is 5.97 Å². The smallest absolute Gasteiger partial charge is 0.337 e. The van der Waals surface area contributed by atoms with Gasteiger partial charge in [0.05, 0.1) is 5.56 Å². The van der Waals surface area contributed by atoms with Crippen LogP contribution in [0.25, 0.3) is 0 Å². The molecule has 0 amide bonds. The Morgan fingerprint density at radius 2 is 2.22 bits per heavy atom. The summed E-state index contributed by atoms with van der Waals surface area (Å²) in [5.74, 6) is -0.165. The van der Waals surface area contributed by atoms with E-state index in [-0.39, 0.29) is 5.56 Å². The Labute approximate surface area is 112 Å². The number of thioether (sulfide) groups is 1. The molecule has 0 aliphatic heterocycles. The highest BCUT2D eigenvalue weighted by Crippen LogP contribution is 2.36. The third kappa shape index (κ3) is 3.19. The molecule has 3 N–H and O–H groups in total. The van der Waals surface area contributed by atoms with Crippen LogP contribution in [-0.2, 0) is 0 Å². The zero-order valence-corrected chi connectivity index (χ0v) is 11.4. The molecular formula is C14H19NO2S. The molecule has 1 aromatic carbocycles. The van der Waals surface area contributed by atoms with Gasteiger partial charge in [0.25, 0.3) is 0 Å². The van der Waals surface area contributed by atoms with Gasteiger partial charge in [-0.1, -0.05) is 19.8 Å². The molecule has 0 heterocycles. The van der Waals surface area contributed by atoms with Crippen molar-refractivity contribution in [3.63, 3.8) is 0 Å². The number of rotatable bonds is 3. The number of hydrogen-bond acceptors (Lipinski definition) is 3. The van der Waals surface area contributed by atoms with E-state index in [1.54, 1.807) is 12.1 Å². The molecule has 0 bridgehead atoms. The van der Waals surface area contributed by atoms with Gasteiger partial charge in [-0.15, -0.1) is 11.8 Å². The van der Waals surface area contributed by atoms with E-state index in [1.807, 2.05) is 17.8 Å². The number of nitrogen functional groups attached to an aromatic ring is 1. The molecule has 0 aromatic heterocycles. The zero-order valence-electron chi connectivity index (χ0n) is 10.6. The Balaban J connectivity index is 2.05. The second-order valence-electron chi connectivity index (χ2n) is 5.07. The summed E-state index contributed by atoms with van der Waals surface area (Å²) in [4.78, 5) is 12.0. The first-order valence-corrected chi connectivity index (χ1v) is 7.23. The van der Waals surface area contributed by atoms with Crippen LogP contribution in [0.5, 0.6) is 0 Å². The highest BCUT2D eigenvalue weighted by molar-refractivity contribution is 8.00. The molecule has 1 aromatic rings. The monoisotopic (exact) mass is 265 g/mol. The van der Waals surface area contributed by atoms with Crippen LogP contribution < -0.4 is 5.73 Å². The summed E-state index contributed by atoms with van der Waals surface area (Å²) in [5.41, 5.74) is 6.31. The average molecular weight is 265 g/mol. The number of hydrogen-bond donors (Lipinski definition) is 2. The highest BCUT2D eigenvalue weighted by atomic mass is 32.2. The van der Waals surface area contributed by atoms with Crippen molar-refractivity contribution in [1.29, 1.82) is 0 Å². The van der Waals surface area contributed by atoms with Crippen LogP contribution in [0.2, 0.25) is 0 Å². The minimum absolute atomic E-state index is 0.191. The van der Waals surface area contributed by atoms with E-state index < -0.39 is 5.97 Å². The lowest BCUT2D eigenvalue weighted by Gasteiger charge is -2.26. The third-order valence-corrected chi connectivity index (χ3v) is 4.73. The van der Waals surface area contributed by atoms with E-state index in [0.29, 0.717) is 10.9 Å². The zero-order chi connectivity index (χ0) is 13.1. The van der Waals surface area contributed by atoms with Gasteiger partial charge in [-0.25, -0.2) is 4.79 Å². The van der Waals surface area contributed by atoms with Crippen LogP contribution in [0.1, 0.15) is 43.0 Å². The van der Waals surface area contributed by atoms with E-state index in [2.05, 4.69) is 6.92 Å². The Morgan fingerprint density at radius 1 is 1.44 bits per heavy atom. The quantitative estimate of drug-likeness (QED) is 0.819. The van der Waals surface area contributed by atoms with E-state index in [4.69, 9.17) is 10.8 Å². The summed E-state index contributed by atoms with van der Waals surface area (Å²) in [6.07, 6.45) is 5.11. The molecule has 0 spiro atoms. The predicted octanol–water partition coefficient (Wildman–Crippen LogP) is 3.64. The van der Waals surface area contributed by atoms with E-state index >= 15 is 0 Å². The lowest BCUT2D eigenvalue weighted by Crippen LogP contribution is -2.14. The normalized spacial score (nSPS) is 23.8. The van der Waals surface area contributed by atoms with Crippen molar-refractivity contribution in [2.45, 2.75) is 42.8 Å². The Hall–Kier alpha value is -1.16. The van der Waals surface area contributed by atoms with E-state index in [9.17, 15) is 4.79 Å². The Bertz CT molecular complexity index is 447. The lowest BCUT2D eigenvalue weighted by atomic mass is 9.91. The van der Waals surface area contributed by atoms with Gasteiger partial charge < -0.3 is 10.8 Å². The molecular weight excluding hydrogens is 246 g/mol. The molecule has 1 aliphatic rings. The number of nitrogens with two attached hydrogens (primary N) is 1. The molecule has 18 heavy (non-hydrogen) atoms. The summed E-state index contributed by atoms with van der Waals surface area (Å²) in [7, 11) is 0. The average Bonchev–Trinajstić information content (AvgIpc) is 2.28. The van der Waals surface area contributed by atoms with Crippen LogP contribution in [0.3, 0.4) is 0 Å². The molecule has 98 valence electrons. The number of carboxylic acid groups (broad SMARTS) is 1. The minimum atomic E-state index is -0.963. The number of carboxylic acids is 1. The van der Waals surface area contributed by atoms with Crippen molar-refractivity contribution in [2.75, 3.05) is 5.73 Å². The molecule has 4 heteroatoms. The summed E-state index contributed by atoms with van der Waals surface area (Å²) >= 11 is 1.83. The maximum Gasteiger partial charge on any atom is 0.337 e. The topological polar surface area (TPSA) is 63.3 Å². The molecule has 2 unspecified atom stereocenters. The maximum atomic E-state index is 10.9. The second kappa shape index (κ2) is 5.65. The largest absolute Gasteiger partial charge is 0.478 e. The van der Waals surface area contributed by atoms with Crippen LogP contribution in [-0.4, -0.2) is 16.3 Å². The summed E-state index contributed by atoms with van der Waals surface area (Å²) in [6.45, 7) is 2.30. The standard InChI is InChI=1S/C14H19NO2S/c1-9-3-2-4-10(7-9)18-11-5-6-12(14(16)17)13(15)8-11/h5-6,8-10H,2-4,7,15H2,1H3,(H,16,17). The van der Waals surface area contributed by atoms with Crippen molar-refractivity contribution < 1.29 is 9.90 Å². The number of benzene rings is 1. The van der Waals surface area contributed by atoms with Crippen LogP contribution >= 0.6 is 11.8 Å². The van der Waals surface area contributed by atoms with Gasteiger partial charge in [-0.05, 0) is 37.0 Å². The first-order valence-electron chi connectivity index (χ1n) is 6.35. The minimum Gasteiger partial charge on any atom is -0.478 e. The summed E-state index contributed by atoms with van der Waals surface area (Å²) < 4.78 is 0. The molecule has 1 aliphatic carbocycles. The van der Waals surface area contributed by atoms with Gasteiger partial charge in [0, 0.05) is 15.8 Å². The fraction of sp³-hybridized carbons (Fsp3) is 0.500. The van der Waals surface area contributed by atoms with Crippen molar-refractivity contribution in [1.82, 2.24) is 0 Å². The molecule has 3 nitrogen and oxygen atoms in total. The first-order chi connectivity index (χ1) is 8.56. The van der Waals surface area contributed by atoms with Gasteiger partial charge in [0.1, 0.15) is 0 Å². The SMILES string of the molecule is CC1CCCC(Sc2ccc(C(=O)O)c(N)c2)C1. The van der Waals surface area contributed by atoms with Crippen molar-refractivity contribution in [3.05, 3.63) is 23.8 Å². The van der Waals surface area contributed by atoms with Gasteiger partial charge in [0.15, 0.2) is 0 Å². The fourth-order valence-electron chi connectivity index (χ4n) is 2.49. The summed E-state index contributed by atoms with van der Waals surface area (Å²) in [5, 5.41) is 9.57. The molecule has 0 saturated heterocycles. The summed E-state index contributed by atoms with van der Waals surface area (Å²) in [6, 6.07) is 5.25. The van der Waals surface area contributed by atoms with E-state index in [1.165, 1.54) is 25.7 Å². The fourth-order valence-corrected chi connectivity index (χ4v) is 3.92. The third-order valence-electron chi connectivity index (χ3n) is 3.44. The first kappa shape index (κ1) is 13.3. The highest BCUT2D eigenvalue weighted by Gasteiger charge is 2.20. The molecule has 1 fully saturated rings. The molecule has 2 rings (SSSR count). The Morgan fingerprint density at radius 3 is 2.83 bits per heavy atom. The van der Waals surface area contributed by atoms with E-state index in [0.717, 1.165) is 10.8 Å². The van der Waals surface area contributed by atoms with Crippen LogP contribution in [0.4, 0.5) is 5.69 Å². The van der Waals surface area contributed by atoms with Gasteiger partial charge in [-0.2, -0.15) is 0 Å². The molecule has 2 atom stereocenters. The molecule has 0 radical (unpaired) electrons. The predicted molar refractivity (Wildman–Crippen MR) is 75.1 cm³/mol. The second-order valence-corrected chi connectivity index (χ2v) is 6.44. The number of carbonyl (C=O) groups is 1. The maximum absolute atomic E-state index is 10.9. The number of aromatic carboxylic acids is 1. The van der Waals surface area contributed by atoms with Gasteiger partial charge in [-0.3, -0.25) is 0 Å². The Kier molecular flexibility index (Phi) is 4.17. The number of anilines is 1. The van der Waals surface area contributed by atoms with Crippen molar-refractivity contribution in [2.24, 2.45) is 5.92 Å².